The number of benzene rings is 3. The second-order valence-electron chi connectivity index (χ2n) is 7.37. The van der Waals surface area contributed by atoms with Gasteiger partial charge in [-0.2, -0.15) is 0 Å². The van der Waals surface area contributed by atoms with Crippen LogP contribution in [0.3, 0.4) is 0 Å². The third-order valence-electron chi connectivity index (χ3n) is 5.76. The summed E-state index contributed by atoms with van der Waals surface area (Å²) in [6.07, 6.45) is 0. The minimum atomic E-state index is -0.204. The van der Waals surface area contributed by atoms with Crippen LogP contribution in [-0.2, 0) is 0 Å². The van der Waals surface area contributed by atoms with Gasteiger partial charge in [0, 0.05) is 40.0 Å². The second kappa shape index (κ2) is 7.54. The van der Waals surface area contributed by atoms with Crippen molar-refractivity contribution in [2.75, 3.05) is 19.5 Å². The summed E-state index contributed by atoms with van der Waals surface area (Å²) >= 11 is 6.11. The van der Waals surface area contributed by atoms with Crippen LogP contribution in [-0.4, -0.2) is 35.3 Å². The normalized spacial score (nSPS) is 15.6. The van der Waals surface area contributed by atoms with Crippen LogP contribution in [0.2, 0.25) is 0 Å². The van der Waals surface area contributed by atoms with Crippen molar-refractivity contribution in [3.63, 3.8) is 0 Å². The van der Waals surface area contributed by atoms with E-state index in [0.717, 1.165) is 44.6 Å². The van der Waals surface area contributed by atoms with Crippen molar-refractivity contribution in [2.24, 2.45) is 0 Å². The number of ether oxygens (including phenoxy) is 1. The molecule has 0 radical (unpaired) electrons. The quantitative estimate of drug-likeness (QED) is 0.429. The van der Waals surface area contributed by atoms with E-state index in [2.05, 4.69) is 23.2 Å². The minimum absolute atomic E-state index is 0.0260. The fourth-order valence-corrected chi connectivity index (χ4v) is 4.64. The molecule has 0 spiro atoms. The third kappa shape index (κ3) is 2.87. The van der Waals surface area contributed by atoms with Crippen LogP contribution in [0.1, 0.15) is 27.5 Å². The summed E-state index contributed by atoms with van der Waals surface area (Å²) in [5.74, 6) is 1.20. The van der Waals surface area contributed by atoms with Crippen LogP contribution in [0.4, 0.5) is 0 Å². The molecule has 0 unspecified atom stereocenters. The fraction of sp³-hybridized carbons (Fsp3) is 0.160. The Morgan fingerprint density at radius 1 is 1.03 bits per heavy atom. The Morgan fingerprint density at radius 2 is 1.83 bits per heavy atom. The Labute approximate surface area is 180 Å². The number of nitrogens with zero attached hydrogens (tertiary/aromatic N) is 1. The first-order valence-electron chi connectivity index (χ1n) is 9.94. The number of hydrogen-bond donors (Lipinski definition) is 1. The van der Waals surface area contributed by atoms with Gasteiger partial charge >= 0.3 is 0 Å². The van der Waals surface area contributed by atoms with Crippen LogP contribution in [0.5, 0.6) is 5.75 Å². The number of alkyl halides is 1. The zero-order chi connectivity index (χ0) is 20.7. The van der Waals surface area contributed by atoms with Gasteiger partial charge in [-0.25, -0.2) is 0 Å². The molecule has 1 aliphatic heterocycles. The molecule has 2 heterocycles. The number of rotatable bonds is 5. The zero-order valence-electron chi connectivity index (χ0n) is 16.6. The average Bonchev–Trinajstić information content (AvgIpc) is 3.30. The molecular formula is C25H21ClN2O2. The van der Waals surface area contributed by atoms with Gasteiger partial charge in [0.1, 0.15) is 5.75 Å². The Hall–Kier alpha value is -3.24. The lowest BCUT2D eigenvalue weighted by Gasteiger charge is -2.26. The van der Waals surface area contributed by atoms with E-state index in [0.29, 0.717) is 12.4 Å². The van der Waals surface area contributed by atoms with Gasteiger partial charge in [0.2, 0.25) is 0 Å². The summed E-state index contributed by atoms with van der Waals surface area (Å²) in [5.41, 5.74) is 5.89. The van der Waals surface area contributed by atoms with Gasteiger partial charge in [0.15, 0.2) is 0 Å². The SMILES string of the molecule is COc1cccc(-c2[nH]c3ccccc3c2[C@H]2c3ccccc3C(=O)N2CCCl)c1. The van der Waals surface area contributed by atoms with E-state index in [-0.39, 0.29) is 11.9 Å². The summed E-state index contributed by atoms with van der Waals surface area (Å²) in [5, 5.41) is 1.10. The standard InChI is InChI=1S/C25H21ClN2O2/c1-30-17-8-6-7-16(15-17)23-22(20-11-4-5-12-21(20)27-23)24-18-9-2-3-10-19(18)25(29)28(24)14-13-26/h2-12,15,24,27H,13-14H2,1H3/t24-/m1/s1. The number of aromatic nitrogens is 1. The lowest BCUT2D eigenvalue weighted by Crippen LogP contribution is -2.30. The van der Waals surface area contributed by atoms with Gasteiger partial charge < -0.3 is 14.6 Å². The predicted octanol–water partition coefficient (Wildman–Crippen LogP) is 5.63. The highest BCUT2D eigenvalue weighted by atomic mass is 35.5. The second-order valence-corrected chi connectivity index (χ2v) is 7.75. The third-order valence-corrected chi connectivity index (χ3v) is 5.93. The average molecular weight is 417 g/mol. The number of aromatic amines is 1. The van der Waals surface area contributed by atoms with Gasteiger partial charge in [-0.05, 0) is 29.8 Å². The minimum Gasteiger partial charge on any atom is -0.497 e. The Morgan fingerprint density at radius 3 is 2.67 bits per heavy atom. The van der Waals surface area contributed by atoms with Crippen LogP contribution < -0.4 is 4.74 Å². The summed E-state index contributed by atoms with van der Waals surface area (Å²) < 4.78 is 5.45. The smallest absolute Gasteiger partial charge is 0.255 e. The number of para-hydroxylation sites is 1. The highest BCUT2D eigenvalue weighted by Gasteiger charge is 2.39. The molecule has 0 saturated heterocycles. The highest BCUT2D eigenvalue weighted by molar-refractivity contribution is 6.18. The molecule has 1 amide bonds. The van der Waals surface area contributed by atoms with Gasteiger partial charge in [-0.1, -0.05) is 48.5 Å². The monoisotopic (exact) mass is 416 g/mol. The lowest BCUT2D eigenvalue weighted by atomic mass is 9.93. The molecule has 5 rings (SSSR count). The van der Waals surface area contributed by atoms with E-state index in [4.69, 9.17) is 16.3 Å². The number of methoxy groups -OCH3 is 1. The molecule has 0 saturated carbocycles. The van der Waals surface area contributed by atoms with E-state index >= 15 is 0 Å². The molecule has 0 bridgehead atoms. The number of H-pyrrole nitrogens is 1. The molecule has 0 fully saturated rings. The van der Waals surface area contributed by atoms with Gasteiger partial charge in [0.25, 0.3) is 5.91 Å². The lowest BCUT2D eigenvalue weighted by molar-refractivity contribution is 0.0762. The summed E-state index contributed by atoms with van der Waals surface area (Å²) in [6.45, 7) is 0.483. The molecule has 4 aromatic rings. The number of carbonyl (C=O) groups is 1. The maximum Gasteiger partial charge on any atom is 0.255 e. The Balaban J connectivity index is 1.80. The van der Waals surface area contributed by atoms with Crippen LogP contribution >= 0.6 is 11.6 Å². The van der Waals surface area contributed by atoms with Crippen LogP contribution in [0.15, 0.2) is 72.8 Å². The molecule has 0 aliphatic carbocycles. The number of carbonyl (C=O) groups excluding carboxylic acids is 1. The van der Waals surface area contributed by atoms with Gasteiger partial charge in [-0.3, -0.25) is 4.79 Å². The van der Waals surface area contributed by atoms with Crippen molar-refractivity contribution in [1.29, 1.82) is 0 Å². The Kier molecular flexibility index (Phi) is 4.72. The van der Waals surface area contributed by atoms with Crippen molar-refractivity contribution < 1.29 is 9.53 Å². The summed E-state index contributed by atoms with van der Waals surface area (Å²) in [4.78, 5) is 18.7. The molecule has 3 aromatic carbocycles. The molecule has 1 N–H and O–H groups in total. The zero-order valence-corrected chi connectivity index (χ0v) is 17.3. The number of amides is 1. The van der Waals surface area contributed by atoms with E-state index in [1.807, 2.05) is 59.5 Å². The van der Waals surface area contributed by atoms with Crippen molar-refractivity contribution in [2.45, 2.75) is 6.04 Å². The maximum atomic E-state index is 13.2. The molecule has 4 nitrogen and oxygen atoms in total. The first kappa shape index (κ1) is 18.8. The van der Waals surface area contributed by atoms with Crippen molar-refractivity contribution >= 4 is 28.4 Å². The first-order valence-corrected chi connectivity index (χ1v) is 10.5. The van der Waals surface area contributed by atoms with Crippen molar-refractivity contribution in [1.82, 2.24) is 9.88 Å². The van der Waals surface area contributed by atoms with Gasteiger partial charge in [0.05, 0.1) is 18.8 Å². The predicted molar refractivity (Wildman–Crippen MR) is 120 cm³/mol. The van der Waals surface area contributed by atoms with Crippen LogP contribution in [0, 0.1) is 0 Å². The summed E-state index contributed by atoms with van der Waals surface area (Å²) in [7, 11) is 1.67. The molecule has 1 aromatic heterocycles. The number of halogens is 1. The van der Waals surface area contributed by atoms with Crippen molar-refractivity contribution in [3.8, 4) is 17.0 Å². The van der Waals surface area contributed by atoms with E-state index in [1.54, 1.807) is 7.11 Å². The summed E-state index contributed by atoms with van der Waals surface area (Å²) in [6, 6.07) is 23.9. The first-order chi connectivity index (χ1) is 14.7. The molecule has 1 aliphatic rings. The highest BCUT2D eigenvalue weighted by Crippen LogP contribution is 2.45. The van der Waals surface area contributed by atoms with E-state index < -0.39 is 0 Å². The topological polar surface area (TPSA) is 45.3 Å². The largest absolute Gasteiger partial charge is 0.497 e. The Bertz CT molecular complexity index is 1250. The van der Waals surface area contributed by atoms with Gasteiger partial charge in [-0.15, -0.1) is 11.6 Å². The number of nitrogens with one attached hydrogen (secondary N) is 1. The molecule has 150 valence electrons. The molecule has 1 atom stereocenters. The molecule has 30 heavy (non-hydrogen) atoms. The van der Waals surface area contributed by atoms with E-state index in [9.17, 15) is 4.79 Å². The maximum absolute atomic E-state index is 13.2. The molecular weight excluding hydrogens is 396 g/mol. The fourth-order valence-electron chi connectivity index (χ4n) is 4.46. The number of hydrogen-bond acceptors (Lipinski definition) is 2. The number of fused-ring (bicyclic) bond motifs is 2. The molecule has 5 heteroatoms. The van der Waals surface area contributed by atoms with Crippen LogP contribution in [0.25, 0.3) is 22.2 Å². The van der Waals surface area contributed by atoms with Crippen molar-refractivity contribution in [3.05, 3.63) is 89.5 Å². The van der Waals surface area contributed by atoms with E-state index in [1.165, 1.54) is 0 Å².